The quantitative estimate of drug-likeness (QED) is 0.148. The molecular formula is C34H35F3N2O3. The number of Topliss-reactive ketones (excluding diaryl/α,β-unsaturated/α-hetero) is 1. The zero-order valence-electron chi connectivity index (χ0n) is 23.9. The predicted octanol–water partition coefficient (Wildman–Crippen LogP) is 8.35. The second-order valence-electron chi connectivity index (χ2n) is 11.2. The summed E-state index contributed by atoms with van der Waals surface area (Å²) in [5.41, 5.74) is 3.10. The van der Waals surface area contributed by atoms with Crippen LogP contribution in [0.3, 0.4) is 0 Å². The zero-order valence-corrected chi connectivity index (χ0v) is 23.9. The summed E-state index contributed by atoms with van der Waals surface area (Å²) < 4.78 is 46.6. The maximum absolute atomic E-state index is 13.6. The molecule has 1 aromatic heterocycles. The number of fused-ring (bicyclic) bond motifs is 1. The van der Waals surface area contributed by atoms with Gasteiger partial charge in [-0.1, -0.05) is 54.6 Å². The summed E-state index contributed by atoms with van der Waals surface area (Å²) in [6, 6.07) is 20.5. The minimum atomic E-state index is -4.39. The molecule has 1 heterocycles. The highest BCUT2D eigenvalue weighted by Gasteiger charge is 2.32. The molecule has 1 aliphatic carbocycles. The first-order valence-corrected chi connectivity index (χ1v) is 14.6. The SMILES string of the molecule is CCn1nc(C(=O)CC2CCC(C(=O)O[C@@H](C)c3ccccc3)CC2)c2c(Cc3ccc(C(F)(F)F)cc3)cccc21. The molecule has 3 aromatic carbocycles. The lowest BCUT2D eigenvalue weighted by Crippen LogP contribution is -2.25. The van der Waals surface area contributed by atoms with Crippen LogP contribution >= 0.6 is 0 Å². The Balaban J connectivity index is 1.26. The van der Waals surface area contributed by atoms with E-state index in [0.29, 0.717) is 37.9 Å². The van der Waals surface area contributed by atoms with Crippen molar-refractivity contribution in [2.75, 3.05) is 0 Å². The van der Waals surface area contributed by atoms with Crippen LogP contribution in [0.5, 0.6) is 0 Å². The molecule has 220 valence electrons. The number of ether oxygens (including phenoxy) is 1. The van der Waals surface area contributed by atoms with E-state index in [-0.39, 0.29) is 29.7 Å². The van der Waals surface area contributed by atoms with Gasteiger partial charge >= 0.3 is 12.1 Å². The Kier molecular flexibility index (Phi) is 8.80. The molecular weight excluding hydrogens is 541 g/mol. The second-order valence-corrected chi connectivity index (χ2v) is 11.2. The van der Waals surface area contributed by atoms with Crippen LogP contribution in [-0.4, -0.2) is 21.5 Å². The Hall–Kier alpha value is -3.94. The van der Waals surface area contributed by atoms with E-state index in [4.69, 9.17) is 4.74 Å². The number of hydrogen-bond donors (Lipinski definition) is 0. The van der Waals surface area contributed by atoms with Crippen LogP contribution in [0.25, 0.3) is 10.9 Å². The molecule has 8 heteroatoms. The van der Waals surface area contributed by atoms with Crippen molar-refractivity contribution in [2.24, 2.45) is 11.8 Å². The average molecular weight is 577 g/mol. The smallest absolute Gasteiger partial charge is 0.416 e. The number of halogens is 3. The number of hydrogen-bond acceptors (Lipinski definition) is 4. The van der Waals surface area contributed by atoms with Gasteiger partial charge in [0, 0.05) is 18.4 Å². The normalized spacial score (nSPS) is 18.1. The molecule has 0 amide bonds. The fourth-order valence-electron chi connectivity index (χ4n) is 5.94. The molecule has 0 aliphatic heterocycles. The van der Waals surface area contributed by atoms with Crippen LogP contribution in [0.1, 0.15) is 84.8 Å². The number of esters is 1. The minimum absolute atomic E-state index is 0.0456. The average Bonchev–Trinajstić information content (AvgIpc) is 3.38. The summed E-state index contributed by atoms with van der Waals surface area (Å²) in [5, 5.41) is 5.43. The molecule has 5 rings (SSSR count). The fraction of sp³-hybridized carbons (Fsp3) is 0.382. The molecule has 1 fully saturated rings. The third kappa shape index (κ3) is 6.58. The molecule has 0 saturated heterocycles. The Bertz CT molecular complexity index is 1540. The maximum atomic E-state index is 13.6. The Morgan fingerprint density at radius 1 is 0.952 bits per heavy atom. The van der Waals surface area contributed by atoms with Crippen molar-refractivity contribution in [3.05, 3.63) is 101 Å². The van der Waals surface area contributed by atoms with Crippen LogP contribution in [-0.2, 0) is 28.7 Å². The van der Waals surface area contributed by atoms with Crippen molar-refractivity contribution in [1.82, 2.24) is 9.78 Å². The highest BCUT2D eigenvalue weighted by molar-refractivity contribution is 6.07. The first-order valence-electron chi connectivity index (χ1n) is 14.6. The maximum Gasteiger partial charge on any atom is 0.416 e. The number of alkyl halides is 3. The lowest BCUT2D eigenvalue weighted by Gasteiger charge is -2.27. The van der Waals surface area contributed by atoms with Gasteiger partial charge in [-0.3, -0.25) is 14.3 Å². The van der Waals surface area contributed by atoms with Crippen molar-refractivity contribution >= 4 is 22.7 Å². The van der Waals surface area contributed by atoms with Crippen molar-refractivity contribution in [3.8, 4) is 0 Å². The molecule has 1 atom stereocenters. The van der Waals surface area contributed by atoms with Crippen molar-refractivity contribution < 1.29 is 27.5 Å². The molecule has 1 aliphatic rings. The monoisotopic (exact) mass is 576 g/mol. The van der Waals surface area contributed by atoms with E-state index in [1.807, 2.05) is 62.4 Å². The second kappa shape index (κ2) is 12.5. The largest absolute Gasteiger partial charge is 0.458 e. The third-order valence-electron chi connectivity index (χ3n) is 8.32. The fourth-order valence-corrected chi connectivity index (χ4v) is 5.94. The van der Waals surface area contributed by atoms with Gasteiger partial charge in [-0.15, -0.1) is 0 Å². The number of aromatic nitrogens is 2. The predicted molar refractivity (Wildman–Crippen MR) is 155 cm³/mol. The van der Waals surface area contributed by atoms with Gasteiger partial charge in [0.05, 0.1) is 17.0 Å². The lowest BCUT2D eigenvalue weighted by molar-refractivity contribution is -0.155. The third-order valence-corrected chi connectivity index (χ3v) is 8.32. The van der Waals surface area contributed by atoms with E-state index in [1.165, 1.54) is 12.1 Å². The molecule has 0 bridgehead atoms. The summed E-state index contributed by atoms with van der Waals surface area (Å²) in [5.74, 6) is -0.248. The van der Waals surface area contributed by atoms with Crippen molar-refractivity contribution in [2.45, 2.75) is 71.2 Å². The molecule has 42 heavy (non-hydrogen) atoms. The van der Waals surface area contributed by atoms with E-state index in [2.05, 4.69) is 5.10 Å². The summed E-state index contributed by atoms with van der Waals surface area (Å²) in [7, 11) is 0. The number of carbonyl (C=O) groups excluding carboxylic acids is 2. The van der Waals surface area contributed by atoms with Gasteiger partial charge in [-0.2, -0.15) is 18.3 Å². The van der Waals surface area contributed by atoms with Gasteiger partial charge in [0.2, 0.25) is 0 Å². The van der Waals surface area contributed by atoms with Crippen molar-refractivity contribution in [3.63, 3.8) is 0 Å². The number of aryl methyl sites for hydroxylation is 1. The van der Waals surface area contributed by atoms with Crippen LogP contribution in [0.4, 0.5) is 13.2 Å². The van der Waals surface area contributed by atoms with Crippen LogP contribution in [0.15, 0.2) is 72.8 Å². The van der Waals surface area contributed by atoms with E-state index in [9.17, 15) is 22.8 Å². The summed E-state index contributed by atoms with van der Waals surface area (Å²) in [6.45, 7) is 4.42. The number of carbonyl (C=O) groups is 2. The highest BCUT2D eigenvalue weighted by Crippen LogP contribution is 2.35. The Morgan fingerprint density at radius 2 is 1.64 bits per heavy atom. The number of rotatable bonds is 9. The van der Waals surface area contributed by atoms with E-state index >= 15 is 0 Å². The molecule has 0 unspecified atom stereocenters. The Morgan fingerprint density at radius 3 is 2.29 bits per heavy atom. The molecule has 4 aromatic rings. The van der Waals surface area contributed by atoms with E-state index in [0.717, 1.165) is 52.6 Å². The van der Waals surface area contributed by atoms with E-state index in [1.54, 1.807) is 4.68 Å². The highest BCUT2D eigenvalue weighted by atomic mass is 19.4. The van der Waals surface area contributed by atoms with Gasteiger partial charge in [-0.05, 0) is 86.8 Å². The number of nitrogens with zero attached hydrogens (tertiary/aromatic N) is 2. The molecule has 0 spiro atoms. The first-order chi connectivity index (χ1) is 20.1. The van der Waals surface area contributed by atoms with Crippen LogP contribution in [0, 0.1) is 11.8 Å². The summed E-state index contributed by atoms with van der Waals surface area (Å²) in [4.78, 5) is 26.5. The van der Waals surface area contributed by atoms with Gasteiger partial charge in [-0.25, -0.2) is 0 Å². The van der Waals surface area contributed by atoms with Gasteiger partial charge < -0.3 is 4.74 Å². The topological polar surface area (TPSA) is 61.2 Å². The lowest BCUT2D eigenvalue weighted by atomic mass is 9.79. The number of ketones is 1. The van der Waals surface area contributed by atoms with Gasteiger partial charge in [0.25, 0.3) is 0 Å². The van der Waals surface area contributed by atoms with Crippen molar-refractivity contribution in [1.29, 1.82) is 0 Å². The molecule has 5 nitrogen and oxygen atoms in total. The number of benzene rings is 3. The summed E-state index contributed by atoms with van der Waals surface area (Å²) >= 11 is 0. The Labute approximate surface area is 243 Å². The van der Waals surface area contributed by atoms with Crippen LogP contribution < -0.4 is 0 Å². The van der Waals surface area contributed by atoms with Gasteiger partial charge in [0.15, 0.2) is 5.78 Å². The first kappa shape index (κ1) is 29.5. The molecule has 1 saturated carbocycles. The zero-order chi connectivity index (χ0) is 29.9. The standard InChI is InChI=1S/C34H35F3N2O3/c1-3-39-29-11-7-10-27(20-23-14-18-28(19-15-23)34(35,36)37)31(29)32(38-39)30(40)21-24-12-16-26(17-13-24)33(41)42-22(2)25-8-5-4-6-9-25/h4-11,14-15,18-19,22,24,26H,3,12-13,16-17,20-21H2,1-2H3/t22-,24?,26?/m0/s1. The van der Waals surface area contributed by atoms with Crippen LogP contribution in [0.2, 0.25) is 0 Å². The summed E-state index contributed by atoms with van der Waals surface area (Å²) in [6.07, 6.45) is -1.08. The van der Waals surface area contributed by atoms with E-state index < -0.39 is 11.7 Å². The molecule has 0 N–H and O–H groups in total. The molecule has 0 radical (unpaired) electrons. The minimum Gasteiger partial charge on any atom is -0.458 e. The van der Waals surface area contributed by atoms with Gasteiger partial charge in [0.1, 0.15) is 11.8 Å².